The van der Waals surface area contributed by atoms with Crippen LogP contribution >= 0.6 is 0 Å². The smallest absolute Gasteiger partial charge is 0.253 e. The molecule has 204 valence electrons. The number of methoxy groups -OCH3 is 2. The zero-order valence-corrected chi connectivity index (χ0v) is 22.2. The fraction of sp³-hybridized carbons (Fsp3) is 0.429. The van der Waals surface area contributed by atoms with Gasteiger partial charge in [-0.25, -0.2) is 4.68 Å². The van der Waals surface area contributed by atoms with Gasteiger partial charge < -0.3 is 24.1 Å². The molecule has 11 nitrogen and oxygen atoms in total. The van der Waals surface area contributed by atoms with Crippen molar-refractivity contribution in [3.63, 3.8) is 0 Å². The van der Waals surface area contributed by atoms with E-state index in [4.69, 9.17) is 14.2 Å². The Labute approximate surface area is 226 Å². The number of aromatic nitrogens is 5. The van der Waals surface area contributed by atoms with Crippen LogP contribution in [0.5, 0.6) is 11.5 Å². The highest BCUT2D eigenvalue weighted by atomic mass is 16.5. The lowest BCUT2D eigenvalue weighted by Crippen LogP contribution is -2.49. The average Bonchev–Trinajstić information content (AvgIpc) is 3.66. The predicted octanol–water partition coefficient (Wildman–Crippen LogP) is 2.62. The minimum absolute atomic E-state index is 0.0715. The first-order valence-corrected chi connectivity index (χ1v) is 13.3. The number of hydrogen-bond donors (Lipinski definition) is 1. The molecule has 4 aromatic rings. The quantitative estimate of drug-likeness (QED) is 0.367. The van der Waals surface area contributed by atoms with Crippen molar-refractivity contribution in [2.75, 3.05) is 51.9 Å². The second-order valence-corrected chi connectivity index (χ2v) is 9.98. The number of tetrazole rings is 1. The predicted molar refractivity (Wildman–Crippen MR) is 147 cm³/mol. The Morgan fingerprint density at radius 3 is 2.51 bits per heavy atom. The number of piperazine rings is 1. The number of nitrogens with one attached hydrogen (secondary N) is 1. The molecule has 0 saturated carbocycles. The number of pyridine rings is 1. The lowest BCUT2D eigenvalue weighted by molar-refractivity contribution is 0.0906. The van der Waals surface area contributed by atoms with Crippen molar-refractivity contribution in [1.29, 1.82) is 0 Å². The molecule has 2 saturated heterocycles. The minimum Gasteiger partial charge on any atom is -0.497 e. The van der Waals surface area contributed by atoms with Gasteiger partial charge in [0.15, 0.2) is 5.82 Å². The molecule has 1 N–H and O–H groups in total. The largest absolute Gasteiger partial charge is 0.497 e. The van der Waals surface area contributed by atoms with Gasteiger partial charge in [0.1, 0.15) is 17.5 Å². The van der Waals surface area contributed by atoms with Crippen LogP contribution in [0.25, 0.3) is 10.9 Å². The number of fused-ring (bicyclic) bond motifs is 1. The van der Waals surface area contributed by atoms with Crippen LogP contribution in [0.2, 0.25) is 0 Å². The standard InChI is InChI=1S/C28H33N7O4/c1-37-21-9-6-20(7-10-21)33-11-13-34(14-12-33)26(27-30-31-32-35(27)18-23-4-3-15-39-23)24-16-19-5-8-22(38-2)17-25(19)29-28(24)36/h5-10,16-17,23,26H,3-4,11-15,18H2,1-2H3,(H,29,36)/t23-,26+/m1/s1. The summed E-state index contributed by atoms with van der Waals surface area (Å²) in [5.41, 5.74) is 2.33. The van der Waals surface area contributed by atoms with Crippen LogP contribution in [0.15, 0.2) is 53.3 Å². The number of ether oxygens (including phenoxy) is 3. The Hall–Kier alpha value is -3.96. The van der Waals surface area contributed by atoms with Crippen molar-refractivity contribution in [3.8, 4) is 11.5 Å². The van der Waals surface area contributed by atoms with Gasteiger partial charge in [-0.15, -0.1) is 5.10 Å². The molecular weight excluding hydrogens is 498 g/mol. The van der Waals surface area contributed by atoms with Gasteiger partial charge in [0.25, 0.3) is 5.56 Å². The molecule has 0 aliphatic carbocycles. The van der Waals surface area contributed by atoms with E-state index < -0.39 is 6.04 Å². The molecule has 0 bridgehead atoms. The highest BCUT2D eigenvalue weighted by Gasteiger charge is 2.33. The van der Waals surface area contributed by atoms with Gasteiger partial charge in [0.2, 0.25) is 0 Å². The maximum Gasteiger partial charge on any atom is 0.253 e. The minimum atomic E-state index is -0.408. The van der Waals surface area contributed by atoms with Crippen molar-refractivity contribution >= 4 is 16.6 Å². The van der Waals surface area contributed by atoms with E-state index in [1.54, 1.807) is 14.2 Å². The van der Waals surface area contributed by atoms with E-state index in [0.717, 1.165) is 68.0 Å². The lowest BCUT2D eigenvalue weighted by Gasteiger charge is -2.39. The maximum atomic E-state index is 13.6. The second-order valence-electron chi connectivity index (χ2n) is 9.98. The Balaban J connectivity index is 1.34. The number of nitrogens with zero attached hydrogens (tertiary/aromatic N) is 6. The molecule has 0 unspecified atom stereocenters. The molecule has 2 fully saturated rings. The first kappa shape index (κ1) is 25.3. The molecule has 0 radical (unpaired) electrons. The summed E-state index contributed by atoms with van der Waals surface area (Å²) in [6, 6.07) is 15.4. The van der Waals surface area contributed by atoms with E-state index in [0.29, 0.717) is 23.7 Å². The third kappa shape index (κ3) is 5.19. The maximum absolute atomic E-state index is 13.6. The number of H-pyrrole nitrogens is 1. The van der Waals surface area contributed by atoms with E-state index in [1.165, 1.54) is 0 Å². The SMILES string of the molecule is COc1ccc(N2CCN([C@@H](c3cc4ccc(OC)cc4[nH]c3=O)c3nnnn3C[C@H]3CCCO3)CC2)cc1. The Morgan fingerprint density at radius 1 is 1.03 bits per heavy atom. The van der Waals surface area contributed by atoms with E-state index in [1.807, 2.05) is 41.1 Å². The molecule has 2 aromatic heterocycles. The van der Waals surface area contributed by atoms with Gasteiger partial charge >= 0.3 is 0 Å². The number of aromatic amines is 1. The van der Waals surface area contributed by atoms with Gasteiger partial charge in [-0.1, -0.05) is 0 Å². The van der Waals surface area contributed by atoms with E-state index in [-0.39, 0.29) is 11.7 Å². The molecule has 11 heteroatoms. The number of anilines is 1. The molecule has 4 heterocycles. The fourth-order valence-corrected chi connectivity index (χ4v) is 5.58. The Morgan fingerprint density at radius 2 is 1.79 bits per heavy atom. The van der Waals surface area contributed by atoms with Crippen LogP contribution in [0.3, 0.4) is 0 Å². The van der Waals surface area contributed by atoms with Crippen LogP contribution in [-0.2, 0) is 11.3 Å². The van der Waals surface area contributed by atoms with Crippen molar-refractivity contribution in [1.82, 2.24) is 30.1 Å². The van der Waals surface area contributed by atoms with Crippen LogP contribution in [-0.4, -0.2) is 83.2 Å². The van der Waals surface area contributed by atoms with Gasteiger partial charge in [-0.2, -0.15) is 0 Å². The van der Waals surface area contributed by atoms with E-state index in [2.05, 4.69) is 42.4 Å². The summed E-state index contributed by atoms with van der Waals surface area (Å²) in [5, 5.41) is 13.7. The van der Waals surface area contributed by atoms with Crippen molar-refractivity contribution in [3.05, 3.63) is 70.3 Å². The molecule has 2 aliphatic heterocycles. The summed E-state index contributed by atoms with van der Waals surface area (Å²) in [7, 11) is 3.29. The van der Waals surface area contributed by atoms with Crippen LogP contribution in [0, 0.1) is 0 Å². The molecular formula is C28H33N7O4. The summed E-state index contributed by atoms with van der Waals surface area (Å²) in [5.74, 6) is 2.18. The second kappa shape index (κ2) is 11.0. The highest BCUT2D eigenvalue weighted by Crippen LogP contribution is 2.30. The molecule has 2 atom stereocenters. The van der Waals surface area contributed by atoms with Gasteiger partial charge in [-0.05, 0) is 71.1 Å². The molecule has 39 heavy (non-hydrogen) atoms. The van der Waals surface area contributed by atoms with Crippen LogP contribution in [0.4, 0.5) is 5.69 Å². The molecule has 6 rings (SSSR count). The zero-order chi connectivity index (χ0) is 26.8. The van der Waals surface area contributed by atoms with Crippen molar-refractivity contribution in [2.45, 2.75) is 31.5 Å². The number of benzene rings is 2. The third-order valence-electron chi connectivity index (χ3n) is 7.70. The number of hydrogen-bond acceptors (Lipinski definition) is 9. The molecule has 2 aromatic carbocycles. The summed E-state index contributed by atoms with van der Waals surface area (Å²) in [4.78, 5) is 21.3. The molecule has 2 aliphatic rings. The summed E-state index contributed by atoms with van der Waals surface area (Å²) in [6.07, 6.45) is 2.08. The highest BCUT2D eigenvalue weighted by molar-refractivity contribution is 5.80. The summed E-state index contributed by atoms with van der Waals surface area (Å²) in [6.45, 7) is 4.41. The average molecular weight is 532 g/mol. The fourth-order valence-electron chi connectivity index (χ4n) is 5.58. The van der Waals surface area contributed by atoms with E-state index >= 15 is 0 Å². The van der Waals surface area contributed by atoms with Gasteiger partial charge in [-0.3, -0.25) is 9.69 Å². The van der Waals surface area contributed by atoms with Crippen molar-refractivity contribution < 1.29 is 14.2 Å². The lowest BCUT2D eigenvalue weighted by atomic mass is 10.0. The van der Waals surface area contributed by atoms with E-state index in [9.17, 15) is 4.79 Å². The van der Waals surface area contributed by atoms with Crippen LogP contribution < -0.4 is 19.9 Å². The molecule has 0 amide bonds. The van der Waals surface area contributed by atoms with Gasteiger partial charge in [0, 0.05) is 50.1 Å². The van der Waals surface area contributed by atoms with Gasteiger partial charge in [0.05, 0.1) is 32.4 Å². The summed E-state index contributed by atoms with van der Waals surface area (Å²) < 4.78 is 18.3. The van der Waals surface area contributed by atoms with Crippen molar-refractivity contribution in [2.24, 2.45) is 0 Å². The first-order valence-electron chi connectivity index (χ1n) is 13.3. The first-order chi connectivity index (χ1) is 19.1. The Bertz CT molecular complexity index is 1470. The third-order valence-corrected chi connectivity index (χ3v) is 7.70. The zero-order valence-electron chi connectivity index (χ0n) is 22.2. The topological polar surface area (TPSA) is 111 Å². The summed E-state index contributed by atoms with van der Waals surface area (Å²) >= 11 is 0. The van der Waals surface area contributed by atoms with Crippen LogP contribution in [0.1, 0.15) is 30.3 Å². The monoisotopic (exact) mass is 531 g/mol. The Kier molecular flexibility index (Phi) is 7.16. The normalized spacial score (nSPS) is 18.9. The molecule has 0 spiro atoms. The number of rotatable bonds is 8.